The molecule has 2 aliphatic rings. The second-order valence-electron chi connectivity index (χ2n) is 7.34. The average Bonchev–Trinajstić information content (AvgIpc) is 2.84. The van der Waals surface area contributed by atoms with E-state index in [1.807, 2.05) is 0 Å². The minimum absolute atomic E-state index is 0.109. The Bertz CT molecular complexity index is 507. The Morgan fingerprint density at radius 3 is 2.48 bits per heavy atom. The first kappa shape index (κ1) is 20.0. The summed E-state index contributed by atoms with van der Waals surface area (Å²) in [6, 6.07) is 0. The molecule has 1 N–H and O–H groups in total. The summed E-state index contributed by atoms with van der Waals surface area (Å²) < 4.78 is 5.66. The average molecular weight is 351 g/mol. The number of carbonyl (C=O) groups excluding carboxylic acids is 2. The molecule has 0 unspecified atom stereocenters. The first-order valence-corrected chi connectivity index (χ1v) is 9.99. The fourth-order valence-corrected chi connectivity index (χ4v) is 4.00. The molecule has 0 saturated heterocycles. The van der Waals surface area contributed by atoms with Gasteiger partial charge in [0.05, 0.1) is 5.57 Å². The topological polar surface area (TPSA) is 58.6 Å². The smallest absolute Gasteiger partial charge is 0.335 e. The van der Waals surface area contributed by atoms with Crippen LogP contribution in [-0.2, 0) is 14.3 Å². The van der Waals surface area contributed by atoms with Crippen LogP contribution in [0.2, 0.25) is 0 Å². The standard InChI is InChI=1S/C20H34N2O3/c1-4-6-14-22(5-2)15-10-13-21-18(23)17-16(3)19(24)25-20(17)11-8-7-9-12-20/h4-15H2,1-3H3,(H,21,23). The van der Waals surface area contributed by atoms with Crippen LogP contribution in [0.3, 0.4) is 0 Å². The fraction of sp³-hybridized carbons (Fsp3) is 0.800. The minimum Gasteiger partial charge on any atom is -0.451 e. The number of nitrogens with one attached hydrogen (secondary N) is 1. The Morgan fingerprint density at radius 1 is 1.16 bits per heavy atom. The lowest BCUT2D eigenvalue weighted by Gasteiger charge is -2.34. The number of hydrogen-bond donors (Lipinski definition) is 1. The van der Waals surface area contributed by atoms with E-state index in [0.717, 1.165) is 58.2 Å². The molecule has 1 amide bonds. The zero-order chi connectivity index (χ0) is 18.3. The molecule has 1 aliphatic heterocycles. The van der Waals surface area contributed by atoms with E-state index in [2.05, 4.69) is 24.1 Å². The van der Waals surface area contributed by atoms with Crippen molar-refractivity contribution in [2.24, 2.45) is 0 Å². The van der Waals surface area contributed by atoms with Crippen LogP contribution in [0.1, 0.15) is 72.1 Å². The summed E-state index contributed by atoms with van der Waals surface area (Å²) in [6.45, 7) is 9.91. The van der Waals surface area contributed by atoms with Gasteiger partial charge in [0.1, 0.15) is 5.60 Å². The normalized spacial score (nSPS) is 19.6. The lowest BCUT2D eigenvalue weighted by Crippen LogP contribution is -2.41. The molecule has 0 atom stereocenters. The van der Waals surface area contributed by atoms with Crippen LogP contribution in [0.4, 0.5) is 0 Å². The van der Waals surface area contributed by atoms with Gasteiger partial charge in [-0.1, -0.05) is 26.7 Å². The quantitative estimate of drug-likeness (QED) is 0.512. The molecule has 0 bridgehead atoms. The third kappa shape index (κ3) is 4.84. The number of unbranched alkanes of at least 4 members (excludes halogenated alkanes) is 1. The minimum atomic E-state index is -0.653. The summed E-state index contributed by atoms with van der Waals surface area (Å²) in [6.07, 6.45) is 8.08. The third-order valence-electron chi connectivity index (χ3n) is 5.52. The monoisotopic (exact) mass is 350 g/mol. The second-order valence-corrected chi connectivity index (χ2v) is 7.34. The van der Waals surface area contributed by atoms with Crippen molar-refractivity contribution in [1.82, 2.24) is 10.2 Å². The van der Waals surface area contributed by atoms with Gasteiger partial charge in [0.25, 0.3) is 5.91 Å². The first-order valence-electron chi connectivity index (χ1n) is 9.99. The molecular weight excluding hydrogens is 316 g/mol. The Hall–Kier alpha value is -1.36. The molecule has 1 aliphatic carbocycles. The van der Waals surface area contributed by atoms with Crippen LogP contribution in [0, 0.1) is 0 Å². The number of rotatable bonds is 9. The van der Waals surface area contributed by atoms with Crippen molar-refractivity contribution in [2.45, 2.75) is 77.7 Å². The van der Waals surface area contributed by atoms with Crippen molar-refractivity contribution < 1.29 is 14.3 Å². The molecular formula is C20H34N2O3. The molecule has 5 heteroatoms. The maximum Gasteiger partial charge on any atom is 0.335 e. The summed E-state index contributed by atoms with van der Waals surface area (Å²) in [5.41, 5.74) is 0.438. The van der Waals surface area contributed by atoms with E-state index >= 15 is 0 Å². The van der Waals surface area contributed by atoms with Gasteiger partial charge in [-0.15, -0.1) is 0 Å². The van der Waals surface area contributed by atoms with Crippen molar-refractivity contribution in [3.63, 3.8) is 0 Å². The maximum absolute atomic E-state index is 12.7. The largest absolute Gasteiger partial charge is 0.451 e. The van der Waals surface area contributed by atoms with Crippen molar-refractivity contribution in [1.29, 1.82) is 0 Å². The first-order chi connectivity index (χ1) is 12.0. The number of esters is 1. The van der Waals surface area contributed by atoms with Gasteiger partial charge in [0.2, 0.25) is 0 Å². The molecule has 2 rings (SSSR count). The van der Waals surface area contributed by atoms with Gasteiger partial charge in [-0.05, 0) is 65.1 Å². The van der Waals surface area contributed by atoms with Crippen LogP contribution >= 0.6 is 0 Å². The van der Waals surface area contributed by atoms with E-state index in [0.29, 0.717) is 17.7 Å². The van der Waals surface area contributed by atoms with E-state index in [4.69, 9.17) is 4.74 Å². The van der Waals surface area contributed by atoms with Gasteiger partial charge in [-0.3, -0.25) is 4.79 Å². The van der Waals surface area contributed by atoms with E-state index < -0.39 is 5.60 Å². The van der Waals surface area contributed by atoms with E-state index in [1.54, 1.807) is 6.92 Å². The summed E-state index contributed by atoms with van der Waals surface area (Å²) in [5, 5.41) is 3.03. The SMILES string of the molecule is CCCCN(CC)CCCNC(=O)C1=C(C)C(=O)OC12CCCCC2. The van der Waals surface area contributed by atoms with E-state index in [1.165, 1.54) is 12.8 Å². The summed E-state index contributed by atoms with van der Waals surface area (Å²) in [5.74, 6) is -0.425. The Kier molecular flexibility index (Phi) is 7.48. The molecule has 1 spiro atoms. The molecule has 0 aromatic heterocycles. The molecule has 0 radical (unpaired) electrons. The predicted molar refractivity (Wildman–Crippen MR) is 99.3 cm³/mol. The number of ether oxygens (including phenoxy) is 1. The highest BCUT2D eigenvalue weighted by atomic mass is 16.6. The van der Waals surface area contributed by atoms with Crippen LogP contribution in [0.25, 0.3) is 0 Å². The highest BCUT2D eigenvalue weighted by Gasteiger charge is 2.49. The third-order valence-corrected chi connectivity index (χ3v) is 5.52. The molecule has 0 aromatic rings. The fourth-order valence-electron chi connectivity index (χ4n) is 4.00. The Morgan fingerprint density at radius 2 is 1.84 bits per heavy atom. The number of amides is 1. The summed E-state index contributed by atoms with van der Waals surface area (Å²) >= 11 is 0. The summed E-state index contributed by atoms with van der Waals surface area (Å²) in [4.78, 5) is 27.2. The van der Waals surface area contributed by atoms with Crippen molar-refractivity contribution in [3.05, 3.63) is 11.1 Å². The van der Waals surface area contributed by atoms with Gasteiger partial charge in [0, 0.05) is 12.1 Å². The molecule has 0 aromatic carbocycles. The lowest BCUT2D eigenvalue weighted by atomic mass is 9.78. The van der Waals surface area contributed by atoms with Gasteiger partial charge >= 0.3 is 5.97 Å². The lowest BCUT2D eigenvalue weighted by molar-refractivity contribution is -0.149. The van der Waals surface area contributed by atoms with E-state index in [9.17, 15) is 9.59 Å². The molecule has 1 saturated carbocycles. The zero-order valence-electron chi connectivity index (χ0n) is 16.2. The van der Waals surface area contributed by atoms with Crippen molar-refractivity contribution >= 4 is 11.9 Å². The second kappa shape index (κ2) is 9.37. The number of nitrogens with zero attached hydrogens (tertiary/aromatic N) is 1. The maximum atomic E-state index is 12.7. The summed E-state index contributed by atoms with van der Waals surface area (Å²) in [7, 11) is 0. The molecule has 5 nitrogen and oxygen atoms in total. The van der Waals surface area contributed by atoms with Crippen LogP contribution in [0.15, 0.2) is 11.1 Å². The van der Waals surface area contributed by atoms with Gasteiger partial charge in [-0.2, -0.15) is 0 Å². The van der Waals surface area contributed by atoms with E-state index in [-0.39, 0.29) is 11.9 Å². The Balaban J connectivity index is 1.87. The number of hydrogen-bond acceptors (Lipinski definition) is 4. The highest BCUT2D eigenvalue weighted by Crippen LogP contribution is 2.43. The van der Waals surface area contributed by atoms with Gasteiger partial charge in [-0.25, -0.2) is 4.79 Å². The van der Waals surface area contributed by atoms with Crippen molar-refractivity contribution in [3.8, 4) is 0 Å². The van der Waals surface area contributed by atoms with Gasteiger partial charge < -0.3 is 15.0 Å². The van der Waals surface area contributed by atoms with Crippen LogP contribution in [0.5, 0.6) is 0 Å². The Labute approximate surface area is 152 Å². The number of carbonyl (C=O) groups is 2. The van der Waals surface area contributed by atoms with Crippen molar-refractivity contribution in [2.75, 3.05) is 26.2 Å². The highest BCUT2D eigenvalue weighted by molar-refractivity contribution is 6.07. The predicted octanol–water partition coefficient (Wildman–Crippen LogP) is 3.19. The van der Waals surface area contributed by atoms with Crippen LogP contribution < -0.4 is 5.32 Å². The zero-order valence-corrected chi connectivity index (χ0v) is 16.2. The molecule has 142 valence electrons. The van der Waals surface area contributed by atoms with Gasteiger partial charge in [0.15, 0.2) is 0 Å². The molecule has 1 fully saturated rings. The molecule has 25 heavy (non-hydrogen) atoms. The van der Waals surface area contributed by atoms with Crippen LogP contribution in [-0.4, -0.2) is 48.6 Å². The molecule has 1 heterocycles.